The number of ether oxygens (including phenoxy) is 2. The number of rotatable bonds is 4. The van der Waals surface area contributed by atoms with Gasteiger partial charge < -0.3 is 14.8 Å². The fraction of sp³-hybridized carbons (Fsp3) is 0.167. The number of nitrogens with one attached hydrogen (secondary N) is 1. The second-order valence-electron chi connectivity index (χ2n) is 5.23. The van der Waals surface area contributed by atoms with E-state index in [1.165, 1.54) is 18.2 Å². The van der Waals surface area contributed by atoms with Gasteiger partial charge in [-0.2, -0.15) is 0 Å². The summed E-state index contributed by atoms with van der Waals surface area (Å²) in [4.78, 5) is 12.0. The van der Waals surface area contributed by atoms with Gasteiger partial charge in [0.15, 0.2) is 11.5 Å². The molecule has 1 aliphatic heterocycles. The van der Waals surface area contributed by atoms with E-state index in [2.05, 4.69) is 5.32 Å². The van der Waals surface area contributed by atoms with Crippen LogP contribution in [0.25, 0.3) is 6.08 Å². The molecule has 0 bridgehead atoms. The first-order chi connectivity index (χ1) is 11.1. The molecule has 0 fully saturated rings. The van der Waals surface area contributed by atoms with E-state index in [9.17, 15) is 9.18 Å². The van der Waals surface area contributed by atoms with Gasteiger partial charge in [-0.05, 0) is 48.4 Å². The molecule has 0 radical (unpaired) electrons. The van der Waals surface area contributed by atoms with Crippen molar-refractivity contribution in [2.24, 2.45) is 0 Å². The van der Waals surface area contributed by atoms with E-state index in [0.717, 1.165) is 5.56 Å². The average Bonchev–Trinajstić information content (AvgIpc) is 3.00. The van der Waals surface area contributed by atoms with Crippen molar-refractivity contribution in [2.45, 2.75) is 13.0 Å². The van der Waals surface area contributed by atoms with Gasteiger partial charge in [-0.1, -0.05) is 18.2 Å². The molecule has 2 aromatic carbocycles. The van der Waals surface area contributed by atoms with Gasteiger partial charge in [0, 0.05) is 6.08 Å². The number of fused-ring (bicyclic) bond motifs is 1. The molecule has 1 atom stereocenters. The first-order valence-electron chi connectivity index (χ1n) is 7.25. The van der Waals surface area contributed by atoms with E-state index >= 15 is 0 Å². The maximum atomic E-state index is 13.1. The molecule has 1 unspecified atom stereocenters. The van der Waals surface area contributed by atoms with E-state index in [1.807, 2.05) is 25.1 Å². The van der Waals surface area contributed by atoms with Crippen LogP contribution in [0.4, 0.5) is 4.39 Å². The predicted octanol–water partition coefficient (Wildman–Crippen LogP) is 3.45. The monoisotopic (exact) mass is 313 g/mol. The maximum Gasteiger partial charge on any atom is 0.244 e. The molecule has 1 heterocycles. The van der Waals surface area contributed by atoms with Gasteiger partial charge in [-0.15, -0.1) is 0 Å². The van der Waals surface area contributed by atoms with Crippen LogP contribution >= 0.6 is 0 Å². The van der Waals surface area contributed by atoms with Crippen molar-refractivity contribution in [2.75, 3.05) is 6.79 Å². The summed E-state index contributed by atoms with van der Waals surface area (Å²) in [7, 11) is 0. The molecule has 1 amide bonds. The minimum absolute atomic E-state index is 0.186. The van der Waals surface area contributed by atoms with Crippen LogP contribution < -0.4 is 14.8 Å². The van der Waals surface area contributed by atoms with Crippen molar-refractivity contribution in [1.29, 1.82) is 0 Å². The smallest absolute Gasteiger partial charge is 0.244 e. The molecule has 0 aliphatic carbocycles. The van der Waals surface area contributed by atoms with Gasteiger partial charge in [0.2, 0.25) is 12.7 Å². The zero-order chi connectivity index (χ0) is 16.2. The molecule has 3 rings (SSSR count). The minimum atomic E-state index is -0.332. The second-order valence-corrected chi connectivity index (χ2v) is 5.23. The summed E-state index contributed by atoms with van der Waals surface area (Å²) < 4.78 is 23.7. The Bertz CT molecular complexity index is 758. The normalized spacial score (nSPS) is 14.0. The molecule has 1 N–H and O–H groups in total. The Morgan fingerprint density at radius 2 is 2.04 bits per heavy atom. The lowest BCUT2D eigenvalue weighted by Crippen LogP contribution is -2.24. The predicted molar refractivity (Wildman–Crippen MR) is 84.6 cm³/mol. The van der Waals surface area contributed by atoms with E-state index in [-0.39, 0.29) is 24.6 Å². The SMILES string of the molecule is CC(NC(=O)/C=C/c1cccc(F)c1)c1ccc2c(c1)OCO2. The Labute approximate surface area is 133 Å². The lowest BCUT2D eigenvalue weighted by Gasteiger charge is -2.13. The van der Waals surface area contributed by atoms with Crippen LogP contribution in [0.15, 0.2) is 48.5 Å². The van der Waals surface area contributed by atoms with Gasteiger partial charge in [0.05, 0.1) is 6.04 Å². The summed E-state index contributed by atoms with van der Waals surface area (Å²) in [5, 5.41) is 2.86. The number of hydrogen-bond donors (Lipinski definition) is 1. The molecule has 2 aromatic rings. The highest BCUT2D eigenvalue weighted by Crippen LogP contribution is 2.34. The quantitative estimate of drug-likeness (QED) is 0.880. The summed E-state index contributed by atoms with van der Waals surface area (Å²) in [5.74, 6) is 0.804. The van der Waals surface area contributed by atoms with Crippen molar-refractivity contribution in [3.8, 4) is 11.5 Å². The van der Waals surface area contributed by atoms with Gasteiger partial charge >= 0.3 is 0 Å². The third kappa shape index (κ3) is 3.69. The second kappa shape index (κ2) is 6.52. The molecule has 0 saturated carbocycles. The molecule has 118 valence electrons. The highest BCUT2D eigenvalue weighted by molar-refractivity contribution is 5.91. The van der Waals surface area contributed by atoms with E-state index in [0.29, 0.717) is 17.1 Å². The Morgan fingerprint density at radius 1 is 1.22 bits per heavy atom. The van der Waals surface area contributed by atoms with Gasteiger partial charge in [0.1, 0.15) is 5.82 Å². The van der Waals surface area contributed by atoms with E-state index in [1.54, 1.807) is 18.2 Å². The van der Waals surface area contributed by atoms with Gasteiger partial charge in [-0.3, -0.25) is 4.79 Å². The third-order valence-electron chi connectivity index (χ3n) is 3.53. The first-order valence-corrected chi connectivity index (χ1v) is 7.25. The van der Waals surface area contributed by atoms with Gasteiger partial charge in [-0.25, -0.2) is 4.39 Å². The lowest BCUT2D eigenvalue weighted by molar-refractivity contribution is -0.117. The molecule has 1 aliphatic rings. The molecular formula is C18H16FNO3. The summed E-state index contributed by atoms with van der Waals surface area (Å²) in [6.07, 6.45) is 2.96. The molecule has 0 saturated heterocycles. The number of carbonyl (C=O) groups excluding carboxylic acids is 1. The number of carbonyl (C=O) groups is 1. The van der Waals surface area contributed by atoms with E-state index in [4.69, 9.17) is 9.47 Å². The Hall–Kier alpha value is -2.82. The Balaban J connectivity index is 1.63. The summed E-state index contributed by atoms with van der Waals surface area (Å²) in [6.45, 7) is 2.10. The van der Waals surface area contributed by atoms with Crippen molar-refractivity contribution in [1.82, 2.24) is 5.32 Å². The highest BCUT2D eigenvalue weighted by Gasteiger charge is 2.16. The fourth-order valence-corrected chi connectivity index (χ4v) is 2.31. The van der Waals surface area contributed by atoms with Crippen LogP contribution in [0.3, 0.4) is 0 Å². The topological polar surface area (TPSA) is 47.6 Å². The zero-order valence-electron chi connectivity index (χ0n) is 12.6. The standard InChI is InChI=1S/C18H16FNO3/c1-12(14-6-7-16-17(10-14)23-11-22-16)20-18(21)8-5-13-3-2-4-15(19)9-13/h2-10,12H,11H2,1H3,(H,20,21)/b8-5+. The van der Waals surface area contributed by atoms with Crippen LogP contribution in [-0.4, -0.2) is 12.7 Å². The van der Waals surface area contributed by atoms with Crippen LogP contribution in [0.1, 0.15) is 24.1 Å². The minimum Gasteiger partial charge on any atom is -0.454 e. The molecule has 0 aromatic heterocycles. The summed E-state index contributed by atoms with van der Waals surface area (Å²) in [6, 6.07) is 11.4. The molecule has 5 heteroatoms. The van der Waals surface area contributed by atoms with Crippen molar-refractivity contribution in [3.05, 3.63) is 65.5 Å². The fourth-order valence-electron chi connectivity index (χ4n) is 2.31. The van der Waals surface area contributed by atoms with Crippen molar-refractivity contribution < 1.29 is 18.7 Å². The Morgan fingerprint density at radius 3 is 2.87 bits per heavy atom. The molecular weight excluding hydrogens is 297 g/mol. The number of halogens is 1. The Kier molecular flexibility index (Phi) is 4.28. The van der Waals surface area contributed by atoms with Crippen LogP contribution in [-0.2, 0) is 4.79 Å². The molecule has 0 spiro atoms. The van der Waals surface area contributed by atoms with Crippen molar-refractivity contribution >= 4 is 12.0 Å². The van der Waals surface area contributed by atoms with Crippen LogP contribution in [0.5, 0.6) is 11.5 Å². The average molecular weight is 313 g/mol. The summed E-state index contributed by atoms with van der Waals surface area (Å²) >= 11 is 0. The molecule has 23 heavy (non-hydrogen) atoms. The number of hydrogen-bond acceptors (Lipinski definition) is 3. The number of amides is 1. The highest BCUT2D eigenvalue weighted by atomic mass is 19.1. The zero-order valence-corrected chi connectivity index (χ0v) is 12.6. The maximum absolute atomic E-state index is 13.1. The number of benzene rings is 2. The summed E-state index contributed by atoms with van der Waals surface area (Å²) in [5.41, 5.74) is 1.55. The van der Waals surface area contributed by atoms with E-state index < -0.39 is 0 Å². The first kappa shape index (κ1) is 15.1. The lowest BCUT2D eigenvalue weighted by atomic mass is 10.1. The third-order valence-corrected chi connectivity index (χ3v) is 3.53. The molecule has 4 nitrogen and oxygen atoms in total. The van der Waals surface area contributed by atoms with Gasteiger partial charge in [0.25, 0.3) is 0 Å². The largest absolute Gasteiger partial charge is 0.454 e. The van der Waals surface area contributed by atoms with Crippen LogP contribution in [0, 0.1) is 5.82 Å². The van der Waals surface area contributed by atoms with Crippen LogP contribution in [0.2, 0.25) is 0 Å². The van der Waals surface area contributed by atoms with Crippen molar-refractivity contribution in [3.63, 3.8) is 0 Å².